The molecule has 1 fully saturated rings. The largest absolute Gasteiger partial charge is 0.389 e. The van der Waals surface area contributed by atoms with Crippen LogP contribution < -0.4 is 5.73 Å². The van der Waals surface area contributed by atoms with Gasteiger partial charge >= 0.3 is 0 Å². The van der Waals surface area contributed by atoms with E-state index in [0.717, 1.165) is 38.9 Å². The molecular weight excluding hydrogens is 176 g/mol. The molecule has 0 amide bonds. The summed E-state index contributed by atoms with van der Waals surface area (Å²) in [5, 5.41) is 10.1. The molecule has 0 aliphatic carbocycles. The van der Waals surface area contributed by atoms with Crippen molar-refractivity contribution in [3.05, 3.63) is 0 Å². The van der Waals surface area contributed by atoms with E-state index in [1.807, 2.05) is 0 Å². The van der Waals surface area contributed by atoms with Crippen molar-refractivity contribution in [2.45, 2.75) is 38.7 Å². The second kappa shape index (κ2) is 5.10. The Hall–Kier alpha value is -0.120. The Balaban J connectivity index is 2.40. The molecule has 84 valence electrons. The van der Waals surface area contributed by atoms with Crippen LogP contribution >= 0.6 is 0 Å². The predicted molar refractivity (Wildman–Crippen MR) is 59.1 cm³/mol. The maximum absolute atomic E-state index is 10.1. The van der Waals surface area contributed by atoms with E-state index in [1.54, 1.807) is 0 Å². The van der Waals surface area contributed by atoms with Gasteiger partial charge in [0.05, 0.1) is 5.60 Å². The molecule has 0 radical (unpaired) electrons. The van der Waals surface area contributed by atoms with Gasteiger partial charge in [0.15, 0.2) is 0 Å². The lowest BCUT2D eigenvalue weighted by molar-refractivity contribution is 0.0339. The lowest BCUT2D eigenvalue weighted by atomic mass is 9.95. The van der Waals surface area contributed by atoms with Gasteiger partial charge in [-0.05, 0) is 31.7 Å². The van der Waals surface area contributed by atoms with E-state index < -0.39 is 5.60 Å². The van der Waals surface area contributed by atoms with Crippen molar-refractivity contribution in [3.8, 4) is 0 Å². The molecule has 14 heavy (non-hydrogen) atoms. The first-order chi connectivity index (χ1) is 6.56. The number of hydrogen-bond acceptors (Lipinski definition) is 3. The van der Waals surface area contributed by atoms with Crippen LogP contribution in [0.4, 0.5) is 0 Å². The van der Waals surface area contributed by atoms with Gasteiger partial charge in [0, 0.05) is 19.6 Å². The molecule has 1 saturated heterocycles. The third-order valence-corrected chi connectivity index (χ3v) is 3.01. The third kappa shape index (κ3) is 3.56. The minimum absolute atomic E-state index is 0.405. The first-order valence-electron chi connectivity index (χ1n) is 5.70. The van der Waals surface area contributed by atoms with Gasteiger partial charge in [-0.2, -0.15) is 0 Å². The fraction of sp³-hybridized carbons (Fsp3) is 1.00. The second-order valence-electron chi connectivity index (χ2n) is 4.98. The van der Waals surface area contributed by atoms with Crippen molar-refractivity contribution >= 4 is 0 Å². The van der Waals surface area contributed by atoms with E-state index in [1.165, 1.54) is 0 Å². The van der Waals surface area contributed by atoms with Crippen molar-refractivity contribution in [1.82, 2.24) is 4.90 Å². The number of rotatable bonds is 3. The topological polar surface area (TPSA) is 49.5 Å². The molecule has 1 aliphatic heterocycles. The van der Waals surface area contributed by atoms with E-state index in [4.69, 9.17) is 5.73 Å². The molecule has 1 unspecified atom stereocenters. The molecule has 0 aromatic rings. The van der Waals surface area contributed by atoms with Crippen LogP contribution in [0.15, 0.2) is 0 Å². The van der Waals surface area contributed by atoms with Gasteiger partial charge in [0.2, 0.25) is 0 Å². The molecule has 1 rings (SSSR count). The lowest BCUT2D eigenvalue weighted by Gasteiger charge is -2.25. The Morgan fingerprint density at radius 2 is 2.07 bits per heavy atom. The number of aliphatic hydroxyl groups is 1. The first kappa shape index (κ1) is 12.0. The zero-order valence-electron chi connectivity index (χ0n) is 9.50. The quantitative estimate of drug-likeness (QED) is 0.709. The average molecular weight is 200 g/mol. The Morgan fingerprint density at radius 1 is 1.36 bits per heavy atom. The predicted octanol–water partition coefficient (Wildman–Crippen LogP) is 0.818. The molecule has 0 bridgehead atoms. The van der Waals surface area contributed by atoms with E-state index in [-0.39, 0.29) is 0 Å². The number of hydrogen-bond donors (Lipinski definition) is 2. The molecule has 3 N–H and O–H groups in total. The molecule has 1 aliphatic rings. The van der Waals surface area contributed by atoms with Crippen molar-refractivity contribution in [1.29, 1.82) is 0 Å². The van der Waals surface area contributed by atoms with E-state index in [9.17, 15) is 5.11 Å². The summed E-state index contributed by atoms with van der Waals surface area (Å²) in [6.45, 7) is 8.12. The van der Waals surface area contributed by atoms with Crippen molar-refractivity contribution in [3.63, 3.8) is 0 Å². The van der Waals surface area contributed by atoms with Gasteiger partial charge in [-0.25, -0.2) is 0 Å². The summed E-state index contributed by atoms with van der Waals surface area (Å²) in [4.78, 5) is 2.44. The Morgan fingerprint density at radius 3 is 2.64 bits per heavy atom. The van der Waals surface area contributed by atoms with Crippen LogP contribution in [0, 0.1) is 5.92 Å². The molecule has 0 spiro atoms. The van der Waals surface area contributed by atoms with Crippen molar-refractivity contribution < 1.29 is 5.11 Å². The van der Waals surface area contributed by atoms with Gasteiger partial charge in [-0.3, -0.25) is 0 Å². The summed E-state index contributed by atoms with van der Waals surface area (Å²) in [7, 11) is 0. The molecule has 0 saturated carbocycles. The standard InChI is InChI=1S/C11H24N2O/c1-10(2)8-13-6-3-4-11(14,9-12)5-7-13/h10,14H,3-9,12H2,1-2H3. The minimum Gasteiger partial charge on any atom is -0.389 e. The Kier molecular flexibility index (Phi) is 4.35. The average Bonchev–Trinajstić information content (AvgIpc) is 2.29. The fourth-order valence-electron chi connectivity index (χ4n) is 2.14. The first-order valence-corrected chi connectivity index (χ1v) is 5.70. The highest BCUT2D eigenvalue weighted by Crippen LogP contribution is 2.21. The zero-order valence-corrected chi connectivity index (χ0v) is 9.50. The number of nitrogens with zero attached hydrogens (tertiary/aromatic N) is 1. The summed E-state index contributed by atoms with van der Waals surface area (Å²) in [5.41, 5.74) is 4.99. The van der Waals surface area contributed by atoms with E-state index >= 15 is 0 Å². The third-order valence-electron chi connectivity index (χ3n) is 3.01. The van der Waals surface area contributed by atoms with E-state index in [2.05, 4.69) is 18.7 Å². The van der Waals surface area contributed by atoms with Gasteiger partial charge in [-0.15, -0.1) is 0 Å². The van der Waals surface area contributed by atoms with Gasteiger partial charge in [0.25, 0.3) is 0 Å². The maximum Gasteiger partial charge on any atom is 0.0782 e. The lowest BCUT2D eigenvalue weighted by Crippen LogP contribution is -2.39. The van der Waals surface area contributed by atoms with Crippen LogP contribution in [0.2, 0.25) is 0 Å². The van der Waals surface area contributed by atoms with Crippen LogP contribution in [-0.4, -0.2) is 41.8 Å². The van der Waals surface area contributed by atoms with Crippen LogP contribution in [0.5, 0.6) is 0 Å². The van der Waals surface area contributed by atoms with Crippen molar-refractivity contribution in [2.75, 3.05) is 26.2 Å². The molecule has 1 atom stereocenters. The van der Waals surface area contributed by atoms with Gasteiger partial charge < -0.3 is 15.7 Å². The Bertz CT molecular complexity index is 173. The van der Waals surface area contributed by atoms with E-state index in [0.29, 0.717) is 12.5 Å². The van der Waals surface area contributed by atoms with Crippen LogP contribution in [0.3, 0.4) is 0 Å². The second-order valence-corrected chi connectivity index (χ2v) is 4.98. The summed E-state index contributed by atoms with van der Waals surface area (Å²) >= 11 is 0. The monoisotopic (exact) mass is 200 g/mol. The van der Waals surface area contributed by atoms with Gasteiger partial charge in [-0.1, -0.05) is 13.8 Å². The Labute approximate surface area is 87.3 Å². The summed E-state index contributed by atoms with van der Waals surface area (Å²) in [6.07, 6.45) is 2.76. The highest BCUT2D eigenvalue weighted by molar-refractivity contribution is 4.84. The van der Waals surface area contributed by atoms with Gasteiger partial charge in [0.1, 0.15) is 0 Å². The normalized spacial score (nSPS) is 30.6. The molecular formula is C11H24N2O. The smallest absolute Gasteiger partial charge is 0.0782 e. The highest BCUT2D eigenvalue weighted by Gasteiger charge is 2.28. The minimum atomic E-state index is -0.592. The molecule has 0 aromatic carbocycles. The number of likely N-dealkylation sites (tertiary alicyclic amines) is 1. The van der Waals surface area contributed by atoms with Crippen LogP contribution in [0.25, 0.3) is 0 Å². The maximum atomic E-state index is 10.1. The van der Waals surface area contributed by atoms with Crippen molar-refractivity contribution in [2.24, 2.45) is 11.7 Å². The number of nitrogens with two attached hydrogens (primary N) is 1. The molecule has 3 heteroatoms. The molecule has 0 aromatic heterocycles. The summed E-state index contributed by atoms with van der Waals surface area (Å²) < 4.78 is 0. The zero-order chi connectivity index (χ0) is 10.6. The SMILES string of the molecule is CC(C)CN1CCCC(O)(CN)CC1. The van der Waals surface area contributed by atoms with Crippen LogP contribution in [-0.2, 0) is 0 Å². The highest BCUT2D eigenvalue weighted by atomic mass is 16.3. The fourth-order valence-corrected chi connectivity index (χ4v) is 2.14. The van der Waals surface area contributed by atoms with Crippen LogP contribution in [0.1, 0.15) is 33.1 Å². The molecule has 1 heterocycles. The molecule has 3 nitrogen and oxygen atoms in total. The summed E-state index contributed by atoms with van der Waals surface area (Å²) in [5.74, 6) is 0.707. The summed E-state index contributed by atoms with van der Waals surface area (Å²) in [6, 6.07) is 0.